The number of carbonyl (C=O) groups is 2. The summed E-state index contributed by atoms with van der Waals surface area (Å²) in [6.07, 6.45) is 17.8. The highest BCUT2D eigenvalue weighted by atomic mass is 16.5. The Balaban J connectivity index is 1.45. The Hall–Kier alpha value is -2.40. The highest BCUT2D eigenvalue weighted by Gasteiger charge is 2.31. The number of rotatable bonds is 17. The normalized spacial score (nSPS) is 23.6. The van der Waals surface area contributed by atoms with Crippen molar-refractivity contribution < 1.29 is 24.2 Å². The monoisotopic (exact) mass is 594 g/mol. The van der Waals surface area contributed by atoms with Crippen LogP contribution in [-0.4, -0.2) is 36.4 Å². The first kappa shape index (κ1) is 35.1. The topological polar surface area (TPSA) is 72.8 Å². The molecular formula is C38H58O5. The number of aliphatic hydroxyl groups is 1. The summed E-state index contributed by atoms with van der Waals surface area (Å²) in [7, 11) is 0. The molecule has 2 aliphatic carbocycles. The Labute approximate surface area is 261 Å². The Morgan fingerprint density at radius 1 is 0.860 bits per heavy atom. The molecule has 0 amide bonds. The molecule has 0 radical (unpaired) electrons. The second-order valence-corrected chi connectivity index (χ2v) is 13.5. The molecule has 3 rings (SSSR count). The highest BCUT2D eigenvalue weighted by Crippen LogP contribution is 2.44. The minimum atomic E-state index is -0.916. The molecule has 0 spiro atoms. The summed E-state index contributed by atoms with van der Waals surface area (Å²) in [6.45, 7) is 13.2. The number of aryl methyl sites for hydroxylation is 1. The van der Waals surface area contributed by atoms with Gasteiger partial charge in [0.2, 0.25) is 0 Å². The van der Waals surface area contributed by atoms with E-state index in [0.29, 0.717) is 24.3 Å². The third kappa shape index (κ3) is 11.6. The third-order valence-electron chi connectivity index (χ3n) is 10.1. The number of hydrogen-bond acceptors (Lipinski definition) is 5. The van der Waals surface area contributed by atoms with Crippen LogP contribution in [-0.2, 0) is 25.5 Å². The second kappa shape index (κ2) is 18.4. The minimum absolute atomic E-state index is 0.0509. The van der Waals surface area contributed by atoms with Gasteiger partial charge in [0.15, 0.2) is 0 Å². The van der Waals surface area contributed by atoms with Crippen LogP contribution in [0.3, 0.4) is 0 Å². The molecule has 0 heterocycles. The first-order valence-electron chi connectivity index (χ1n) is 17.2. The average Bonchev–Trinajstić information content (AvgIpc) is 3.04. The Kier molecular flexibility index (Phi) is 15.0. The van der Waals surface area contributed by atoms with Crippen molar-refractivity contribution in [3.8, 4) is 0 Å². The molecule has 2 saturated carbocycles. The predicted octanol–water partition coefficient (Wildman–Crippen LogP) is 8.89. The Morgan fingerprint density at radius 2 is 1.44 bits per heavy atom. The molecule has 0 bridgehead atoms. The standard InChI is InChI=1S/C38H58O5/c1-6-8-9-10-29-13-17-32(18-14-29)34-21-23-35(24-22-34)33-19-15-30(16-20-33)11-12-31(25-42-37(40)27(3)4)26-43-38(41)28(5)36(39)7-2/h15-16,19-20,29,31-32,34-36,39H,3,5-14,17-18,21-26H2,1-2,4H3. The van der Waals surface area contributed by atoms with Crippen molar-refractivity contribution >= 4 is 11.9 Å². The van der Waals surface area contributed by atoms with Gasteiger partial charge in [0, 0.05) is 11.5 Å². The summed E-state index contributed by atoms with van der Waals surface area (Å²) < 4.78 is 10.8. The van der Waals surface area contributed by atoms with Gasteiger partial charge in [0.25, 0.3) is 0 Å². The average molecular weight is 595 g/mol. The fraction of sp³-hybridized carbons (Fsp3) is 0.684. The molecule has 1 aromatic rings. The molecule has 0 aliphatic heterocycles. The van der Waals surface area contributed by atoms with Crippen LogP contribution in [0.4, 0.5) is 0 Å². The summed E-state index contributed by atoms with van der Waals surface area (Å²) in [5.41, 5.74) is 3.07. The third-order valence-corrected chi connectivity index (χ3v) is 10.1. The first-order valence-corrected chi connectivity index (χ1v) is 17.2. The molecule has 5 nitrogen and oxygen atoms in total. The molecule has 5 heteroatoms. The van der Waals surface area contributed by atoms with E-state index in [2.05, 4.69) is 44.3 Å². The van der Waals surface area contributed by atoms with Gasteiger partial charge in [0.1, 0.15) is 0 Å². The Bertz CT molecular complexity index is 1010. The number of hydrogen-bond donors (Lipinski definition) is 1. The lowest BCUT2D eigenvalue weighted by molar-refractivity contribution is -0.144. The molecule has 0 aromatic heterocycles. The van der Waals surface area contributed by atoms with Crippen LogP contribution in [0, 0.1) is 23.7 Å². The fourth-order valence-electron chi connectivity index (χ4n) is 7.08. The molecule has 240 valence electrons. The zero-order chi connectivity index (χ0) is 31.2. The molecule has 2 atom stereocenters. The largest absolute Gasteiger partial charge is 0.462 e. The van der Waals surface area contributed by atoms with Crippen molar-refractivity contribution in [2.24, 2.45) is 23.7 Å². The smallest absolute Gasteiger partial charge is 0.336 e. The SMILES string of the molecule is C=C(C)C(=O)OCC(CCc1ccc(C2CCC(C3CCC(CCCCC)CC3)CC2)cc1)COC(=O)C(=C)C(O)CC. The number of ether oxygens (including phenoxy) is 2. The van der Waals surface area contributed by atoms with E-state index in [1.54, 1.807) is 13.8 Å². The zero-order valence-electron chi connectivity index (χ0n) is 27.3. The molecule has 43 heavy (non-hydrogen) atoms. The number of unbranched alkanes of at least 4 members (excludes halogenated alkanes) is 2. The molecule has 2 unspecified atom stereocenters. The van der Waals surface area contributed by atoms with Gasteiger partial charge in [-0.25, -0.2) is 9.59 Å². The van der Waals surface area contributed by atoms with Crippen molar-refractivity contribution in [2.75, 3.05) is 13.2 Å². The van der Waals surface area contributed by atoms with E-state index in [1.165, 1.54) is 88.2 Å². The molecule has 2 fully saturated rings. The maximum absolute atomic E-state index is 12.3. The number of benzene rings is 1. The molecule has 2 aliphatic rings. The molecule has 1 N–H and O–H groups in total. The van der Waals surface area contributed by atoms with Gasteiger partial charge in [-0.05, 0) is 99.5 Å². The van der Waals surface area contributed by atoms with E-state index in [0.717, 1.165) is 24.2 Å². The zero-order valence-corrected chi connectivity index (χ0v) is 27.3. The summed E-state index contributed by atoms with van der Waals surface area (Å²) in [5, 5.41) is 9.90. The van der Waals surface area contributed by atoms with Crippen LogP contribution >= 0.6 is 0 Å². The van der Waals surface area contributed by atoms with Gasteiger partial charge in [-0.15, -0.1) is 0 Å². The maximum Gasteiger partial charge on any atom is 0.336 e. The van der Waals surface area contributed by atoms with Crippen LogP contribution in [0.25, 0.3) is 0 Å². The number of aliphatic hydroxyl groups excluding tert-OH is 1. The van der Waals surface area contributed by atoms with Gasteiger partial charge in [-0.2, -0.15) is 0 Å². The van der Waals surface area contributed by atoms with Crippen molar-refractivity contribution in [1.82, 2.24) is 0 Å². The van der Waals surface area contributed by atoms with Gasteiger partial charge < -0.3 is 14.6 Å². The molecule has 1 aromatic carbocycles. The lowest BCUT2D eigenvalue weighted by atomic mass is 9.68. The van der Waals surface area contributed by atoms with Crippen molar-refractivity contribution in [3.63, 3.8) is 0 Å². The first-order chi connectivity index (χ1) is 20.7. The second-order valence-electron chi connectivity index (χ2n) is 13.5. The van der Waals surface area contributed by atoms with Crippen LogP contribution in [0.2, 0.25) is 0 Å². The fourth-order valence-corrected chi connectivity index (χ4v) is 7.08. The van der Waals surface area contributed by atoms with E-state index in [1.807, 2.05) is 0 Å². The van der Waals surface area contributed by atoms with Crippen LogP contribution in [0.1, 0.15) is 128 Å². The predicted molar refractivity (Wildman–Crippen MR) is 175 cm³/mol. The van der Waals surface area contributed by atoms with E-state index in [4.69, 9.17) is 9.47 Å². The highest BCUT2D eigenvalue weighted by molar-refractivity contribution is 5.88. The summed E-state index contributed by atoms with van der Waals surface area (Å²) >= 11 is 0. The van der Waals surface area contributed by atoms with E-state index in [-0.39, 0.29) is 24.7 Å². The van der Waals surface area contributed by atoms with Crippen LogP contribution < -0.4 is 0 Å². The summed E-state index contributed by atoms with van der Waals surface area (Å²) in [4.78, 5) is 24.3. The van der Waals surface area contributed by atoms with Crippen LogP contribution in [0.15, 0.2) is 48.6 Å². The van der Waals surface area contributed by atoms with E-state index in [9.17, 15) is 14.7 Å². The van der Waals surface area contributed by atoms with Gasteiger partial charge >= 0.3 is 11.9 Å². The van der Waals surface area contributed by atoms with E-state index >= 15 is 0 Å². The summed E-state index contributed by atoms with van der Waals surface area (Å²) in [5.74, 6) is 2.32. The lowest BCUT2D eigenvalue weighted by Gasteiger charge is -2.38. The molecule has 0 saturated heterocycles. The Morgan fingerprint density at radius 3 is 2.00 bits per heavy atom. The summed E-state index contributed by atoms with van der Waals surface area (Å²) in [6, 6.07) is 9.05. The molecular weight excluding hydrogens is 536 g/mol. The van der Waals surface area contributed by atoms with Gasteiger partial charge in [0.05, 0.1) is 24.9 Å². The van der Waals surface area contributed by atoms with Crippen molar-refractivity contribution in [2.45, 2.75) is 129 Å². The van der Waals surface area contributed by atoms with Crippen molar-refractivity contribution in [3.05, 3.63) is 59.7 Å². The van der Waals surface area contributed by atoms with Crippen LogP contribution in [0.5, 0.6) is 0 Å². The minimum Gasteiger partial charge on any atom is -0.462 e. The lowest BCUT2D eigenvalue weighted by Crippen LogP contribution is -2.25. The van der Waals surface area contributed by atoms with Crippen molar-refractivity contribution in [1.29, 1.82) is 0 Å². The maximum atomic E-state index is 12.3. The van der Waals surface area contributed by atoms with Gasteiger partial charge in [-0.3, -0.25) is 0 Å². The number of esters is 2. The number of carbonyl (C=O) groups excluding carboxylic acids is 2. The quantitative estimate of drug-likeness (QED) is 0.111. The van der Waals surface area contributed by atoms with Gasteiger partial charge in [-0.1, -0.05) is 89.8 Å². The van der Waals surface area contributed by atoms with E-state index < -0.39 is 18.0 Å².